The highest BCUT2D eigenvalue weighted by Gasteiger charge is 2.06. The Morgan fingerprint density at radius 1 is 0.792 bits per heavy atom. The molecule has 122 valence electrons. The van der Waals surface area contributed by atoms with Gasteiger partial charge >= 0.3 is 0 Å². The van der Waals surface area contributed by atoms with Crippen LogP contribution in [0, 0.1) is 18.6 Å². The Labute approximate surface area is 146 Å². The van der Waals surface area contributed by atoms with Crippen molar-refractivity contribution in [2.75, 3.05) is 10.6 Å². The largest absolute Gasteiger partial charge is 0.340 e. The van der Waals surface area contributed by atoms with E-state index < -0.39 is 11.6 Å². The molecule has 24 heavy (non-hydrogen) atoms. The first-order valence-corrected chi connectivity index (χ1v) is 7.89. The van der Waals surface area contributed by atoms with Gasteiger partial charge in [0.05, 0.1) is 0 Å². The van der Waals surface area contributed by atoms with Crippen molar-refractivity contribution in [3.05, 3.63) is 70.5 Å². The highest BCUT2D eigenvalue weighted by molar-refractivity contribution is 9.10. The van der Waals surface area contributed by atoms with E-state index >= 15 is 0 Å². The molecule has 2 aromatic carbocycles. The molecule has 0 aliphatic heterocycles. The van der Waals surface area contributed by atoms with Gasteiger partial charge in [-0.2, -0.15) is 0 Å². The quantitative estimate of drug-likeness (QED) is 0.633. The lowest BCUT2D eigenvalue weighted by Crippen LogP contribution is -2.02. The molecule has 0 aliphatic rings. The van der Waals surface area contributed by atoms with E-state index in [1.54, 1.807) is 13.0 Å². The van der Waals surface area contributed by atoms with Crippen molar-refractivity contribution in [1.29, 1.82) is 0 Å². The van der Waals surface area contributed by atoms with Gasteiger partial charge in [0.25, 0.3) is 0 Å². The fraction of sp³-hybridized carbons (Fsp3) is 0.0588. The summed E-state index contributed by atoms with van der Waals surface area (Å²) in [7, 11) is 0. The van der Waals surface area contributed by atoms with Crippen molar-refractivity contribution >= 4 is 38.9 Å². The van der Waals surface area contributed by atoms with Gasteiger partial charge in [-0.1, -0.05) is 15.9 Å². The summed E-state index contributed by atoms with van der Waals surface area (Å²) < 4.78 is 27.3. The number of rotatable bonds is 4. The fourth-order valence-corrected chi connectivity index (χ4v) is 2.36. The van der Waals surface area contributed by atoms with Gasteiger partial charge in [-0.25, -0.2) is 18.7 Å². The fourth-order valence-electron chi connectivity index (χ4n) is 2.10. The molecule has 1 aromatic heterocycles. The summed E-state index contributed by atoms with van der Waals surface area (Å²) in [4.78, 5) is 8.57. The van der Waals surface area contributed by atoms with Gasteiger partial charge in [0, 0.05) is 28.0 Å². The number of hydrogen-bond donors (Lipinski definition) is 2. The summed E-state index contributed by atoms with van der Waals surface area (Å²) in [5.41, 5.74) is 1.27. The highest BCUT2D eigenvalue weighted by Crippen LogP contribution is 2.22. The van der Waals surface area contributed by atoms with Gasteiger partial charge in [0.2, 0.25) is 0 Å². The Kier molecular flexibility index (Phi) is 4.71. The molecule has 0 radical (unpaired) electrons. The molecule has 0 saturated heterocycles. The van der Waals surface area contributed by atoms with Crippen molar-refractivity contribution in [2.24, 2.45) is 0 Å². The molecule has 0 aliphatic carbocycles. The maximum absolute atomic E-state index is 13.3. The minimum Gasteiger partial charge on any atom is -0.340 e. The Hall–Kier alpha value is -2.54. The molecule has 0 unspecified atom stereocenters. The van der Waals surface area contributed by atoms with Crippen LogP contribution in [0.3, 0.4) is 0 Å². The summed E-state index contributed by atoms with van der Waals surface area (Å²) in [6.45, 7) is 1.75. The lowest BCUT2D eigenvalue weighted by atomic mass is 10.3. The van der Waals surface area contributed by atoms with Gasteiger partial charge in [0.1, 0.15) is 17.5 Å². The number of benzene rings is 2. The summed E-state index contributed by atoms with van der Waals surface area (Å²) in [5, 5.41) is 6.12. The van der Waals surface area contributed by atoms with Crippen LogP contribution in [-0.2, 0) is 0 Å². The van der Waals surface area contributed by atoms with Gasteiger partial charge in [-0.15, -0.1) is 0 Å². The van der Waals surface area contributed by atoms with E-state index in [1.807, 2.05) is 24.3 Å². The van der Waals surface area contributed by atoms with Crippen LogP contribution in [0.15, 0.2) is 53.0 Å². The first-order chi connectivity index (χ1) is 11.5. The number of aromatic nitrogens is 2. The Morgan fingerprint density at radius 2 is 1.38 bits per heavy atom. The molecule has 0 fully saturated rings. The third-order valence-corrected chi connectivity index (χ3v) is 3.68. The second kappa shape index (κ2) is 6.92. The average molecular weight is 391 g/mol. The second-order valence-corrected chi connectivity index (χ2v) is 5.99. The van der Waals surface area contributed by atoms with Gasteiger partial charge in [0.15, 0.2) is 11.6 Å². The number of aryl methyl sites for hydroxylation is 1. The summed E-state index contributed by atoms with van der Waals surface area (Å²) in [6.07, 6.45) is 0. The number of halogens is 3. The topological polar surface area (TPSA) is 49.8 Å². The predicted molar refractivity (Wildman–Crippen MR) is 93.8 cm³/mol. The zero-order valence-electron chi connectivity index (χ0n) is 12.6. The second-order valence-electron chi connectivity index (χ2n) is 5.07. The molecule has 0 spiro atoms. The minimum absolute atomic E-state index is 0.404. The normalized spacial score (nSPS) is 10.5. The van der Waals surface area contributed by atoms with Crippen molar-refractivity contribution in [3.8, 4) is 0 Å². The molecule has 3 rings (SSSR count). The van der Waals surface area contributed by atoms with Gasteiger partial charge in [-0.05, 0) is 43.3 Å². The van der Waals surface area contributed by atoms with Gasteiger partial charge in [-0.3, -0.25) is 0 Å². The first kappa shape index (κ1) is 16.3. The van der Waals surface area contributed by atoms with Crippen LogP contribution in [0.5, 0.6) is 0 Å². The minimum atomic E-state index is -0.918. The SMILES string of the molecule is Cc1nc(Nc2ccc(Br)cc2)cc(Nc2ccc(F)c(F)c2)n1. The van der Waals surface area contributed by atoms with E-state index in [1.165, 1.54) is 6.07 Å². The van der Waals surface area contributed by atoms with Crippen LogP contribution in [0.25, 0.3) is 0 Å². The molecule has 7 heteroatoms. The van der Waals surface area contributed by atoms with Gasteiger partial charge < -0.3 is 10.6 Å². The van der Waals surface area contributed by atoms with E-state index in [0.717, 1.165) is 22.3 Å². The smallest absolute Gasteiger partial charge is 0.160 e. The van der Waals surface area contributed by atoms with Crippen molar-refractivity contribution in [1.82, 2.24) is 9.97 Å². The molecule has 2 N–H and O–H groups in total. The number of nitrogens with one attached hydrogen (secondary N) is 2. The van der Waals surface area contributed by atoms with Crippen LogP contribution < -0.4 is 10.6 Å². The molecule has 1 heterocycles. The van der Waals surface area contributed by atoms with Crippen molar-refractivity contribution in [3.63, 3.8) is 0 Å². The Balaban J connectivity index is 1.82. The first-order valence-electron chi connectivity index (χ1n) is 7.10. The zero-order chi connectivity index (χ0) is 17.1. The standard InChI is InChI=1S/C17H13BrF2N4/c1-10-21-16(23-12-4-2-11(18)3-5-12)9-17(22-10)24-13-6-7-14(19)15(20)8-13/h2-9H,1H3,(H2,21,22,23,24). The van der Waals surface area contributed by atoms with E-state index in [9.17, 15) is 8.78 Å². The molecule has 0 atom stereocenters. The number of anilines is 4. The van der Waals surface area contributed by atoms with Crippen LogP contribution in [-0.4, -0.2) is 9.97 Å². The molecular formula is C17H13BrF2N4. The molecule has 3 aromatic rings. The maximum atomic E-state index is 13.3. The third-order valence-electron chi connectivity index (χ3n) is 3.15. The van der Waals surface area contributed by atoms with Crippen LogP contribution in [0.4, 0.5) is 31.8 Å². The molecule has 0 amide bonds. The van der Waals surface area contributed by atoms with E-state index in [-0.39, 0.29) is 0 Å². The van der Waals surface area contributed by atoms with Crippen LogP contribution in [0.2, 0.25) is 0 Å². The maximum Gasteiger partial charge on any atom is 0.160 e. The number of nitrogens with zero attached hydrogens (tertiary/aromatic N) is 2. The molecule has 0 saturated carbocycles. The Bertz CT molecular complexity index is 869. The molecule has 0 bridgehead atoms. The monoisotopic (exact) mass is 390 g/mol. The summed E-state index contributed by atoms with van der Waals surface area (Å²) >= 11 is 3.38. The zero-order valence-corrected chi connectivity index (χ0v) is 14.2. The Morgan fingerprint density at radius 3 is 2.00 bits per heavy atom. The molecule has 4 nitrogen and oxygen atoms in total. The van der Waals surface area contributed by atoms with Crippen LogP contribution >= 0.6 is 15.9 Å². The average Bonchev–Trinajstić information content (AvgIpc) is 2.53. The van der Waals surface area contributed by atoms with E-state index in [4.69, 9.17) is 0 Å². The highest BCUT2D eigenvalue weighted by atomic mass is 79.9. The van der Waals surface area contributed by atoms with Crippen molar-refractivity contribution in [2.45, 2.75) is 6.92 Å². The number of hydrogen-bond acceptors (Lipinski definition) is 4. The van der Waals surface area contributed by atoms with E-state index in [2.05, 4.69) is 36.5 Å². The van der Waals surface area contributed by atoms with E-state index in [0.29, 0.717) is 23.1 Å². The predicted octanol–water partition coefficient (Wildman–Crippen LogP) is 5.31. The molecular weight excluding hydrogens is 378 g/mol. The van der Waals surface area contributed by atoms with Crippen LogP contribution in [0.1, 0.15) is 5.82 Å². The van der Waals surface area contributed by atoms with Crippen molar-refractivity contribution < 1.29 is 8.78 Å². The lowest BCUT2D eigenvalue weighted by molar-refractivity contribution is 0.509. The lowest BCUT2D eigenvalue weighted by Gasteiger charge is -2.10. The third kappa shape index (κ3) is 4.05. The summed E-state index contributed by atoms with van der Waals surface area (Å²) in [6, 6.07) is 12.9. The summed E-state index contributed by atoms with van der Waals surface area (Å²) in [5.74, 6) is -0.193.